The Labute approximate surface area is 263 Å². The summed E-state index contributed by atoms with van der Waals surface area (Å²) < 4.78 is 0. The van der Waals surface area contributed by atoms with E-state index in [0.717, 1.165) is 68.9 Å². The molecule has 0 bridgehead atoms. The molecule has 0 heterocycles. The van der Waals surface area contributed by atoms with E-state index < -0.39 is 0 Å². The van der Waals surface area contributed by atoms with Gasteiger partial charge < -0.3 is 10.2 Å². The maximum Gasteiger partial charge on any atom is 0.127 e. The number of fused-ring (bicyclic) bond motifs is 1. The minimum atomic E-state index is 0.267. The van der Waals surface area contributed by atoms with Crippen LogP contribution in [0, 0.1) is 6.92 Å². The van der Waals surface area contributed by atoms with Crippen molar-refractivity contribution in [3.63, 3.8) is 0 Å². The van der Waals surface area contributed by atoms with Crippen LogP contribution in [0.5, 0.6) is 11.5 Å². The number of phenols is 2. The van der Waals surface area contributed by atoms with Crippen molar-refractivity contribution in [3.8, 4) is 11.5 Å². The Morgan fingerprint density at radius 2 is 0.860 bits per heavy atom. The molecule has 2 rings (SSSR count). The molecule has 0 amide bonds. The molecule has 0 aromatic heterocycles. The van der Waals surface area contributed by atoms with Gasteiger partial charge in [0.05, 0.1) is 0 Å². The largest absolute Gasteiger partial charge is 0.507 e. The first-order valence-electron chi connectivity index (χ1n) is 16.3. The fraction of sp³-hybridized carbons (Fsp3) is 0.463. The van der Waals surface area contributed by atoms with Crippen LogP contribution in [0.2, 0.25) is 0 Å². The van der Waals surface area contributed by atoms with Gasteiger partial charge in [0, 0.05) is 16.3 Å². The lowest BCUT2D eigenvalue weighted by Gasteiger charge is -2.13. The lowest BCUT2D eigenvalue weighted by Crippen LogP contribution is -1.92. The Balaban J connectivity index is 1.71. The third-order valence-electron chi connectivity index (χ3n) is 8.40. The van der Waals surface area contributed by atoms with E-state index in [1.807, 2.05) is 31.2 Å². The molecule has 234 valence electrons. The molecular weight excluding hydrogens is 524 g/mol. The molecule has 0 aliphatic rings. The number of aromatic hydroxyl groups is 2. The summed E-state index contributed by atoms with van der Waals surface area (Å²) in [7, 11) is 0. The van der Waals surface area contributed by atoms with E-state index in [-0.39, 0.29) is 11.5 Å². The molecule has 2 aromatic carbocycles. The van der Waals surface area contributed by atoms with Gasteiger partial charge in [-0.3, -0.25) is 0 Å². The van der Waals surface area contributed by atoms with Crippen LogP contribution >= 0.6 is 0 Å². The molecule has 2 aromatic rings. The summed E-state index contributed by atoms with van der Waals surface area (Å²) in [6, 6.07) is 7.49. The molecule has 43 heavy (non-hydrogen) atoms. The van der Waals surface area contributed by atoms with E-state index in [2.05, 4.69) is 84.9 Å². The third-order valence-corrected chi connectivity index (χ3v) is 8.40. The molecule has 0 spiro atoms. The summed E-state index contributed by atoms with van der Waals surface area (Å²) in [5.41, 5.74) is 10.2. The predicted octanol–water partition coefficient (Wildman–Crippen LogP) is 12.7. The van der Waals surface area contributed by atoms with Crippen molar-refractivity contribution >= 4 is 10.8 Å². The van der Waals surface area contributed by atoms with Crippen molar-refractivity contribution < 1.29 is 10.2 Å². The third kappa shape index (κ3) is 13.3. The van der Waals surface area contributed by atoms with Gasteiger partial charge in [0.25, 0.3) is 0 Å². The zero-order valence-corrected chi connectivity index (χ0v) is 28.4. The molecule has 0 fully saturated rings. The van der Waals surface area contributed by atoms with Gasteiger partial charge in [0.2, 0.25) is 0 Å². The predicted molar refractivity (Wildman–Crippen MR) is 190 cm³/mol. The first-order chi connectivity index (χ1) is 20.5. The SMILES string of the molecule is CC(C)=CCC/C(C)=C/CC/C(C)=C/CC/C(C)=C/CC/C(C)=C/CC/C(C)=C/Cc1c(C)c(O)c2ccccc2c1O. The fourth-order valence-electron chi connectivity index (χ4n) is 5.39. The number of hydrogen-bond donors (Lipinski definition) is 2. The van der Waals surface area contributed by atoms with E-state index in [4.69, 9.17) is 0 Å². The zero-order chi connectivity index (χ0) is 31.8. The van der Waals surface area contributed by atoms with Gasteiger partial charge in [-0.2, -0.15) is 0 Å². The van der Waals surface area contributed by atoms with Crippen LogP contribution < -0.4 is 0 Å². The van der Waals surface area contributed by atoms with Gasteiger partial charge >= 0.3 is 0 Å². The summed E-state index contributed by atoms with van der Waals surface area (Å²) in [5.74, 6) is 0.549. The highest BCUT2D eigenvalue weighted by Crippen LogP contribution is 2.39. The molecular formula is C41H58O2. The second-order valence-corrected chi connectivity index (χ2v) is 12.8. The lowest BCUT2D eigenvalue weighted by molar-refractivity contribution is 0.461. The molecule has 2 N–H and O–H groups in total. The quantitative estimate of drug-likeness (QED) is 0.144. The first-order valence-corrected chi connectivity index (χ1v) is 16.3. The molecule has 0 atom stereocenters. The van der Waals surface area contributed by atoms with Gasteiger partial charge in [0.15, 0.2) is 0 Å². The summed E-state index contributed by atoms with van der Waals surface area (Å²) in [5, 5.41) is 22.9. The molecule has 0 saturated carbocycles. The minimum Gasteiger partial charge on any atom is -0.507 e. The minimum absolute atomic E-state index is 0.267. The molecule has 0 radical (unpaired) electrons. The molecule has 0 unspecified atom stereocenters. The summed E-state index contributed by atoms with van der Waals surface area (Å²) in [4.78, 5) is 0. The maximum absolute atomic E-state index is 10.8. The number of hydrogen-bond acceptors (Lipinski definition) is 2. The number of benzene rings is 2. The highest BCUT2D eigenvalue weighted by molar-refractivity contribution is 5.95. The van der Waals surface area contributed by atoms with Gasteiger partial charge in [-0.25, -0.2) is 0 Å². The molecule has 0 aliphatic heterocycles. The van der Waals surface area contributed by atoms with Crippen LogP contribution in [0.3, 0.4) is 0 Å². The van der Waals surface area contributed by atoms with Crippen molar-refractivity contribution in [3.05, 3.63) is 105 Å². The maximum atomic E-state index is 10.8. The fourth-order valence-corrected chi connectivity index (χ4v) is 5.39. The first kappa shape index (κ1) is 35.9. The number of phenolic OH excluding ortho intramolecular Hbond substituents is 2. The monoisotopic (exact) mass is 582 g/mol. The van der Waals surface area contributed by atoms with E-state index in [9.17, 15) is 10.2 Å². The molecule has 0 aliphatic carbocycles. The van der Waals surface area contributed by atoms with Crippen molar-refractivity contribution in [2.24, 2.45) is 0 Å². The Morgan fingerprint density at radius 1 is 0.512 bits per heavy atom. The van der Waals surface area contributed by atoms with Crippen LogP contribution in [0.25, 0.3) is 10.8 Å². The second-order valence-electron chi connectivity index (χ2n) is 12.8. The summed E-state index contributed by atoms with van der Waals surface area (Å²) in [6.45, 7) is 17.4. The zero-order valence-electron chi connectivity index (χ0n) is 28.4. The molecule has 0 saturated heterocycles. The molecule has 2 nitrogen and oxygen atoms in total. The Kier molecular flexibility index (Phi) is 16.0. The number of rotatable bonds is 17. The van der Waals surface area contributed by atoms with Gasteiger partial charge in [-0.05, 0) is 132 Å². The van der Waals surface area contributed by atoms with Crippen LogP contribution in [0.1, 0.15) is 124 Å². The number of allylic oxidation sites excluding steroid dienone is 12. The second kappa shape index (κ2) is 19.1. The van der Waals surface area contributed by atoms with Gasteiger partial charge in [0.1, 0.15) is 11.5 Å². The average molecular weight is 583 g/mol. The Hall–Kier alpha value is -3.26. The molecule has 2 heteroatoms. The normalized spacial score (nSPS) is 13.6. The Bertz CT molecular complexity index is 1370. The highest BCUT2D eigenvalue weighted by Gasteiger charge is 2.14. The smallest absolute Gasteiger partial charge is 0.127 e. The van der Waals surface area contributed by atoms with E-state index in [0.29, 0.717) is 17.2 Å². The van der Waals surface area contributed by atoms with Crippen molar-refractivity contribution in [1.29, 1.82) is 0 Å². The lowest BCUT2D eigenvalue weighted by atomic mass is 9.95. The van der Waals surface area contributed by atoms with Crippen LogP contribution in [0.15, 0.2) is 94.2 Å². The van der Waals surface area contributed by atoms with Crippen molar-refractivity contribution in [2.75, 3.05) is 0 Å². The van der Waals surface area contributed by atoms with Crippen LogP contribution in [-0.2, 0) is 6.42 Å². The summed E-state index contributed by atoms with van der Waals surface area (Å²) in [6.07, 6.45) is 25.9. The van der Waals surface area contributed by atoms with Crippen LogP contribution in [0.4, 0.5) is 0 Å². The topological polar surface area (TPSA) is 40.5 Å². The van der Waals surface area contributed by atoms with Crippen molar-refractivity contribution in [1.82, 2.24) is 0 Å². The van der Waals surface area contributed by atoms with Crippen molar-refractivity contribution in [2.45, 2.75) is 126 Å². The average Bonchev–Trinajstić information content (AvgIpc) is 2.95. The Morgan fingerprint density at radius 3 is 1.26 bits per heavy atom. The highest BCUT2D eigenvalue weighted by atomic mass is 16.3. The van der Waals surface area contributed by atoms with Gasteiger partial charge in [-0.15, -0.1) is 0 Å². The summed E-state index contributed by atoms with van der Waals surface area (Å²) >= 11 is 0. The standard InChI is InChI=1S/C41H58O2/c1-30(2)16-11-17-31(3)18-12-19-32(4)20-13-21-33(5)22-14-23-34(6)24-15-25-35(7)28-29-37-36(8)40(42)38-26-9-10-27-39(38)41(37)43/h9-10,16,18,20,22,24,26-28,42-43H,11-15,17,19,21,23,25,29H2,1-8H3/b31-18+,32-20+,33-22+,34-24+,35-28+. The van der Waals surface area contributed by atoms with E-state index >= 15 is 0 Å². The van der Waals surface area contributed by atoms with Gasteiger partial charge in [-0.1, -0.05) is 94.2 Å². The van der Waals surface area contributed by atoms with Crippen LogP contribution in [-0.4, -0.2) is 10.2 Å². The van der Waals surface area contributed by atoms with E-state index in [1.54, 1.807) is 0 Å². The van der Waals surface area contributed by atoms with E-state index in [1.165, 1.54) is 39.9 Å².